The molecule has 0 saturated carbocycles. The van der Waals surface area contributed by atoms with E-state index in [-0.39, 0.29) is 0 Å². The molecule has 0 aliphatic rings. The first kappa shape index (κ1) is 11.4. The predicted octanol–water partition coefficient (Wildman–Crippen LogP) is 3.00. The smallest absolute Gasteiger partial charge is 0.226 e. The molecule has 1 aromatic heterocycles. The van der Waals surface area contributed by atoms with Crippen molar-refractivity contribution in [1.82, 2.24) is 4.98 Å². The summed E-state index contributed by atoms with van der Waals surface area (Å²) in [6.45, 7) is 0.681. The van der Waals surface area contributed by atoms with Gasteiger partial charge < -0.3 is 10.2 Å². The molecule has 0 radical (unpaired) electrons. The van der Waals surface area contributed by atoms with Crippen LogP contribution in [0.4, 0.5) is 0 Å². The van der Waals surface area contributed by atoms with Gasteiger partial charge in [0.05, 0.1) is 5.69 Å². The molecule has 0 aliphatic carbocycles. The molecule has 0 aliphatic heterocycles. The van der Waals surface area contributed by atoms with Crippen molar-refractivity contribution in [3.63, 3.8) is 0 Å². The van der Waals surface area contributed by atoms with Crippen molar-refractivity contribution in [2.24, 2.45) is 5.73 Å². The molecule has 2 rings (SSSR count). The van der Waals surface area contributed by atoms with Crippen LogP contribution in [0.1, 0.15) is 12.1 Å². The SMILES string of the molecule is NCCCc1coc(-c2ccc(Br)cc2)n1. The number of halogens is 1. The van der Waals surface area contributed by atoms with E-state index in [0.717, 1.165) is 28.6 Å². The molecular weight excluding hydrogens is 268 g/mol. The zero-order chi connectivity index (χ0) is 11.4. The Kier molecular flexibility index (Phi) is 3.74. The first-order chi connectivity index (χ1) is 7.79. The third-order valence-corrected chi connectivity index (χ3v) is 2.81. The summed E-state index contributed by atoms with van der Waals surface area (Å²) in [6, 6.07) is 7.89. The molecule has 0 saturated heterocycles. The van der Waals surface area contributed by atoms with E-state index < -0.39 is 0 Å². The van der Waals surface area contributed by atoms with Crippen molar-refractivity contribution in [3.8, 4) is 11.5 Å². The van der Waals surface area contributed by atoms with Gasteiger partial charge in [-0.25, -0.2) is 4.98 Å². The Morgan fingerprint density at radius 1 is 1.25 bits per heavy atom. The lowest BCUT2D eigenvalue weighted by Crippen LogP contribution is -2.00. The number of aryl methyl sites for hydroxylation is 1. The highest BCUT2D eigenvalue weighted by molar-refractivity contribution is 9.10. The van der Waals surface area contributed by atoms with Crippen LogP contribution in [0.15, 0.2) is 39.4 Å². The van der Waals surface area contributed by atoms with Crippen LogP contribution in [0.25, 0.3) is 11.5 Å². The molecular formula is C12H13BrN2O. The fraction of sp³-hybridized carbons (Fsp3) is 0.250. The van der Waals surface area contributed by atoms with Crippen molar-refractivity contribution >= 4 is 15.9 Å². The highest BCUT2D eigenvalue weighted by Gasteiger charge is 2.05. The van der Waals surface area contributed by atoms with Gasteiger partial charge in [-0.3, -0.25) is 0 Å². The molecule has 0 atom stereocenters. The molecule has 0 spiro atoms. The van der Waals surface area contributed by atoms with Crippen molar-refractivity contribution < 1.29 is 4.42 Å². The van der Waals surface area contributed by atoms with Gasteiger partial charge in [-0.05, 0) is 43.7 Å². The molecule has 2 N–H and O–H groups in total. The third-order valence-electron chi connectivity index (χ3n) is 2.28. The van der Waals surface area contributed by atoms with Crippen LogP contribution in [0.5, 0.6) is 0 Å². The lowest BCUT2D eigenvalue weighted by Gasteiger charge is -1.94. The summed E-state index contributed by atoms with van der Waals surface area (Å²) in [5.74, 6) is 0.666. The van der Waals surface area contributed by atoms with Crippen molar-refractivity contribution in [2.45, 2.75) is 12.8 Å². The lowest BCUT2D eigenvalue weighted by atomic mass is 10.2. The molecule has 3 nitrogen and oxygen atoms in total. The van der Waals surface area contributed by atoms with E-state index in [4.69, 9.17) is 10.2 Å². The van der Waals surface area contributed by atoms with Crippen molar-refractivity contribution in [3.05, 3.63) is 40.7 Å². The van der Waals surface area contributed by atoms with Gasteiger partial charge in [0, 0.05) is 10.0 Å². The molecule has 1 aromatic carbocycles. The normalized spacial score (nSPS) is 10.6. The third kappa shape index (κ3) is 2.71. The van der Waals surface area contributed by atoms with Gasteiger partial charge in [0.1, 0.15) is 6.26 Å². The minimum atomic E-state index is 0.666. The molecule has 0 amide bonds. The zero-order valence-corrected chi connectivity index (χ0v) is 10.4. The van der Waals surface area contributed by atoms with E-state index in [1.165, 1.54) is 0 Å². The number of benzene rings is 1. The minimum Gasteiger partial charge on any atom is -0.444 e. The predicted molar refractivity (Wildman–Crippen MR) is 67.0 cm³/mol. The van der Waals surface area contributed by atoms with E-state index in [9.17, 15) is 0 Å². The summed E-state index contributed by atoms with van der Waals surface area (Å²) in [5.41, 5.74) is 7.40. The van der Waals surface area contributed by atoms with E-state index in [2.05, 4.69) is 20.9 Å². The number of hydrogen-bond donors (Lipinski definition) is 1. The standard InChI is InChI=1S/C12H13BrN2O/c13-10-5-3-9(4-6-10)12-15-11(8-16-12)2-1-7-14/h3-6,8H,1-2,7,14H2. The van der Waals surface area contributed by atoms with Crippen molar-refractivity contribution in [2.75, 3.05) is 6.54 Å². The first-order valence-corrected chi connectivity index (χ1v) is 5.99. The molecule has 2 aromatic rings. The van der Waals surface area contributed by atoms with Gasteiger partial charge in [0.25, 0.3) is 0 Å². The van der Waals surface area contributed by atoms with E-state index >= 15 is 0 Å². The van der Waals surface area contributed by atoms with Gasteiger partial charge in [-0.2, -0.15) is 0 Å². The monoisotopic (exact) mass is 280 g/mol. The largest absolute Gasteiger partial charge is 0.444 e. The van der Waals surface area contributed by atoms with Crippen LogP contribution < -0.4 is 5.73 Å². The fourth-order valence-corrected chi connectivity index (χ4v) is 1.69. The Balaban J connectivity index is 2.15. The van der Waals surface area contributed by atoms with Gasteiger partial charge in [0.15, 0.2) is 0 Å². The van der Waals surface area contributed by atoms with E-state index in [1.807, 2.05) is 24.3 Å². The molecule has 0 unspecified atom stereocenters. The number of oxazole rings is 1. The summed E-state index contributed by atoms with van der Waals surface area (Å²) in [5, 5.41) is 0. The minimum absolute atomic E-state index is 0.666. The quantitative estimate of drug-likeness (QED) is 0.937. The van der Waals surface area contributed by atoms with Crippen LogP contribution >= 0.6 is 15.9 Å². The maximum absolute atomic E-state index is 5.45. The van der Waals surface area contributed by atoms with E-state index in [0.29, 0.717) is 12.4 Å². The van der Waals surface area contributed by atoms with Gasteiger partial charge >= 0.3 is 0 Å². The van der Waals surface area contributed by atoms with Crippen LogP contribution in [0, 0.1) is 0 Å². The average Bonchev–Trinajstić information content (AvgIpc) is 2.76. The van der Waals surface area contributed by atoms with Crippen LogP contribution in [0.2, 0.25) is 0 Å². The second-order valence-electron chi connectivity index (χ2n) is 3.54. The summed E-state index contributed by atoms with van der Waals surface area (Å²) < 4.78 is 6.47. The zero-order valence-electron chi connectivity index (χ0n) is 8.82. The average molecular weight is 281 g/mol. The Labute approximate surface area is 103 Å². The molecule has 1 heterocycles. The van der Waals surface area contributed by atoms with Gasteiger partial charge in [-0.1, -0.05) is 15.9 Å². The topological polar surface area (TPSA) is 52.0 Å². The Bertz CT molecular complexity index is 450. The van der Waals surface area contributed by atoms with Crippen LogP contribution in [0.3, 0.4) is 0 Å². The van der Waals surface area contributed by atoms with E-state index in [1.54, 1.807) is 6.26 Å². The highest BCUT2D eigenvalue weighted by atomic mass is 79.9. The molecule has 16 heavy (non-hydrogen) atoms. The second kappa shape index (κ2) is 5.27. The maximum Gasteiger partial charge on any atom is 0.226 e. The number of nitrogens with two attached hydrogens (primary N) is 1. The summed E-state index contributed by atoms with van der Waals surface area (Å²) in [7, 11) is 0. The summed E-state index contributed by atoms with van der Waals surface area (Å²) >= 11 is 3.39. The molecule has 0 fully saturated rings. The Morgan fingerprint density at radius 2 is 2.00 bits per heavy atom. The van der Waals surface area contributed by atoms with Crippen LogP contribution in [-0.4, -0.2) is 11.5 Å². The fourth-order valence-electron chi connectivity index (χ4n) is 1.43. The van der Waals surface area contributed by atoms with Crippen LogP contribution in [-0.2, 0) is 6.42 Å². The molecule has 84 valence electrons. The number of aromatic nitrogens is 1. The van der Waals surface area contributed by atoms with Gasteiger partial charge in [0.2, 0.25) is 5.89 Å². The molecule has 0 bridgehead atoms. The summed E-state index contributed by atoms with van der Waals surface area (Å²) in [4.78, 5) is 4.41. The Hall–Kier alpha value is -1.13. The highest BCUT2D eigenvalue weighted by Crippen LogP contribution is 2.21. The van der Waals surface area contributed by atoms with Crippen molar-refractivity contribution in [1.29, 1.82) is 0 Å². The number of rotatable bonds is 4. The lowest BCUT2D eigenvalue weighted by molar-refractivity contribution is 0.572. The first-order valence-electron chi connectivity index (χ1n) is 5.20. The Morgan fingerprint density at radius 3 is 2.69 bits per heavy atom. The maximum atomic E-state index is 5.45. The number of hydrogen-bond acceptors (Lipinski definition) is 3. The van der Waals surface area contributed by atoms with Gasteiger partial charge in [-0.15, -0.1) is 0 Å². The molecule has 4 heteroatoms. The second-order valence-corrected chi connectivity index (χ2v) is 4.46. The number of nitrogens with zero attached hydrogens (tertiary/aromatic N) is 1. The summed E-state index contributed by atoms with van der Waals surface area (Å²) in [6.07, 6.45) is 3.51.